The zero-order chi connectivity index (χ0) is 23.7. The Kier molecular flexibility index (Phi) is 6.36. The number of aromatic nitrogens is 2. The third-order valence-electron chi connectivity index (χ3n) is 5.99. The van der Waals surface area contributed by atoms with E-state index >= 15 is 0 Å². The molecule has 1 aliphatic heterocycles. The van der Waals surface area contributed by atoms with Crippen molar-refractivity contribution in [3.8, 4) is 16.9 Å². The number of ether oxygens (including phenoxy) is 2. The number of halogens is 3. The summed E-state index contributed by atoms with van der Waals surface area (Å²) < 4.78 is 39.0. The number of nitrogens with two attached hydrogens (primary N) is 1. The van der Waals surface area contributed by atoms with Crippen LogP contribution in [-0.2, 0) is 17.9 Å². The molecule has 3 heterocycles. The van der Waals surface area contributed by atoms with Gasteiger partial charge in [0.1, 0.15) is 18.2 Å². The molecule has 2 aromatic heterocycles. The molecule has 0 saturated carbocycles. The van der Waals surface area contributed by atoms with Crippen molar-refractivity contribution < 1.29 is 18.3 Å². The topological polar surface area (TPSA) is 76.4 Å². The van der Waals surface area contributed by atoms with E-state index in [1.54, 1.807) is 12.3 Å². The zero-order valence-corrected chi connectivity index (χ0v) is 19.0. The molecule has 9 heteroatoms. The number of nitrogen functional groups attached to an aromatic ring is 1. The van der Waals surface area contributed by atoms with Gasteiger partial charge in [0.05, 0.1) is 18.2 Å². The first kappa shape index (κ1) is 22.6. The van der Waals surface area contributed by atoms with Crippen molar-refractivity contribution in [3.63, 3.8) is 0 Å². The van der Waals surface area contributed by atoms with E-state index in [1.807, 2.05) is 18.3 Å². The van der Waals surface area contributed by atoms with Crippen molar-refractivity contribution in [2.45, 2.75) is 13.2 Å². The fraction of sp³-hybridized carbons (Fsp3) is 0.240. The fourth-order valence-corrected chi connectivity index (χ4v) is 4.28. The van der Waals surface area contributed by atoms with Crippen LogP contribution in [0.2, 0.25) is 5.02 Å². The predicted molar refractivity (Wildman–Crippen MR) is 128 cm³/mol. The normalized spacial score (nSPS) is 14.6. The summed E-state index contributed by atoms with van der Waals surface area (Å²) in [5.41, 5.74) is 9.87. The van der Waals surface area contributed by atoms with Crippen LogP contribution in [-0.4, -0.2) is 41.2 Å². The molecule has 3 N–H and O–H groups in total. The maximum Gasteiger partial charge on any atom is 0.166 e. The minimum absolute atomic E-state index is 0.0760. The monoisotopic (exact) mass is 484 g/mol. The van der Waals surface area contributed by atoms with Crippen LogP contribution in [0.25, 0.3) is 22.0 Å². The first-order valence-corrected chi connectivity index (χ1v) is 11.3. The number of fused-ring (bicyclic) bond motifs is 1. The molecular weight excluding hydrogens is 462 g/mol. The molecule has 0 atom stereocenters. The molecule has 1 aliphatic rings. The number of nitrogens with zero attached hydrogens (tertiary/aromatic N) is 2. The highest BCUT2D eigenvalue weighted by Gasteiger charge is 2.16. The predicted octanol–water partition coefficient (Wildman–Crippen LogP) is 5.15. The van der Waals surface area contributed by atoms with Gasteiger partial charge in [0.15, 0.2) is 11.6 Å². The van der Waals surface area contributed by atoms with Gasteiger partial charge in [-0.1, -0.05) is 17.7 Å². The number of aromatic amines is 1. The van der Waals surface area contributed by atoms with Crippen LogP contribution in [0.5, 0.6) is 5.75 Å². The van der Waals surface area contributed by atoms with Crippen molar-refractivity contribution >= 4 is 28.3 Å². The lowest BCUT2D eigenvalue weighted by Gasteiger charge is -2.26. The lowest BCUT2D eigenvalue weighted by Crippen LogP contribution is -2.35. The van der Waals surface area contributed by atoms with Gasteiger partial charge in [-0.25, -0.2) is 13.8 Å². The molecule has 0 bridgehead atoms. The standard InChI is InChI=1S/C25H23ClF2N4O2/c26-24-19(20(27)2-3-21(24)28)14-34-23-10-16(11-31-25(23)29)15-1-4-22-18(9-15)17(12-30-22)13-32-5-7-33-8-6-32/h1-4,9-12,30H,5-8,13-14H2,(H2,29,31). The molecule has 34 heavy (non-hydrogen) atoms. The maximum atomic E-state index is 14.1. The molecule has 0 radical (unpaired) electrons. The maximum absolute atomic E-state index is 14.1. The minimum atomic E-state index is -0.714. The summed E-state index contributed by atoms with van der Waals surface area (Å²) in [7, 11) is 0. The minimum Gasteiger partial charge on any atom is -0.485 e. The van der Waals surface area contributed by atoms with Crippen molar-refractivity contribution in [2.75, 3.05) is 32.0 Å². The van der Waals surface area contributed by atoms with E-state index in [-0.39, 0.29) is 28.8 Å². The average molecular weight is 485 g/mol. The second-order valence-electron chi connectivity index (χ2n) is 8.18. The fourth-order valence-electron chi connectivity index (χ4n) is 4.07. The molecule has 176 valence electrons. The number of morpholine rings is 1. The Labute approximate surface area is 200 Å². The van der Waals surface area contributed by atoms with Gasteiger partial charge < -0.3 is 20.2 Å². The largest absolute Gasteiger partial charge is 0.485 e. The van der Waals surface area contributed by atoms with Crippen LogP contribution in [0.15, 0.2) is 48.8 Å². The number of hydrogen-bond acceptors (Lipinski definition) is 5. The van der Waals surface area contributed by atoms with Crippen LogP contribution in [0.3, 0.4) is 0 Å². The SMILES string of the molecule is Nc1ncc(-c2ccc3[nH]cc(CN4CCOCC4)c3c2)cc1OCc1c(F)ccc(F)c1Cl. The first-order chi connectivity index (χ1) is 16.5. The van der Waals surface area contributed by atoms with Gasteiger partial charge in [-0.05, 0) is 41.5 Å². The smallest absolute Gasteiger partial charge is 0.166 e. The van der Waals surface area contributed by atoms with Gasteiger partial charge in [-0.2, -0.15) is 0 Å². The lowest BCUT2D eigenvalue weighted by atomic mass is 10.0. The Morgan fingerprint density at radius 3 is 2.71 bits per heavy atom. The van der Waals surface area contributed by atoms with Crippen molar-refractivity contribution in [2.24, 2.45) is 0 Å². The van der Waals surface area contributed by atoms with Gasteiger partial charge in [-0.3, -0.25) is 4.90 Å². The molecule has 0 aliphatic carbocycles. The summed E-state index contributed by atoms with van der Waals surface area (Å²) in [5, 5.41) is 0.810. The lowest BCUT2D eigenvalue weighted by molar-refractivity contribution is 0.0343. The Hall–Kier alpha value is -3.20. The van der Waals surface area contributed by atoms with E-state index in [4.69, 9.17) is 26.8 Å². The summed E-state index contributed by atoms with van der Waals surface area (Å²) in [4.78, 5) is 9.94. The Bertz CT molecular complexity index is 1340. The van der Waals surface area contributed by atoms with Crippen LogP contribution in [0, 0.1) is 11.6 Å². The van der Waals surface area contributed by atoms with E-state index in [0.717, 1.165) is 67.0 Å². The number of pyridine rings is 1. The van der Waals surface area contributed by atoms with Gasteiger partial charge >= 0.3 is 0 Å². The van der Waals surface area contributed by atoms with Crippen LogP contribution in [0.4, 0.5) is 14.6 Å². The van der Waals surface area contributed by atoms with Crippen molar-refractivity contribution in [1.82, 2.24) is 14.9 Å². The van der Waals surface area contributed by atoms with Crippen LogP contribution < -0.4 is 10.5 Å². The second kappa shape index (κ2) is 9.58. The Morgan fingerprint density at radius 1 is 1.09 bits per heavy atom. The molecule has 1 saturated heterocycles. The summed E-state index contributed by atoms with van der Waals surface area (Å²) in [6.07, 6.45) is 3.70. The molecule has 0 unspecified atom stereocenters. The third-order valence-corrected chi connectivity index (χ3v) is 6.40. The molecule has 6 nitrogen and oxygen atoms in total. The Morgan fingerprint density at radius 2 is 1.88 bits per heavy atom. The van der Waals surface area contributed by atoms with Gasteiger partial charge in [0, 0.05) is 54.1 Å². The number of benzene rings is 2. The van der Waals surface area contributed by atoms with Crippen molar-refractivity contribution in [1.29, 1.82) is 0 Å². The quantitative estimate of drug-likeness (QED) is 0.370. The van der Waals surface area contributed by atoms with E-state index in [0.29, 0.717) is 0 Å². The highest BCUT2D eigenvalue weighted by atomic mass is 35.5. The number of nitrogens with one attached hydrogen (secondary N) is 1. The van der Waals surface area contributed by atoms with Crippen LogP contribution in [0.1, 0.15) is 11.1 Å². The molecule has 0 amide bonds. The summed E-state index contributed by atoms with van der Waals surface area (Å²) >= 11 is 5.91. The first-order valence-electron chi connectivity index (χ1n) is 10.9. The molecule has 1 fully saturated rings. The Balaban J connectivity index is 1.41. The average Bonchev–Trinajstić information content (AvgIpc) is 3.25. The van der Waals surface area contributed by atoms with Gasteiger partial charge in [0.2, 0.25) is 0 Å². The highest BCUT2D eigenvalue weighted by molar-refractivity contribution is 6.31. The molecular formula is C25H23ClF2N4O2. The highest BCUT2D eigenvalue weighted by Crippen LogP contribution is 2.32. The second-order valence-corrected chi connectivity index (χ2v) is 8.56. The van der Waals surface area contributed by atoms with E-state index < -0.39 is 11.6 Å². The zero-order valence-electron chi connectivity index (χ0n) is 18.3. The van der Waals surface area contributed by atoms with E-state index in [1.165, 1.54) is 5.56 Å². The summed E-state index contributed by atoms with van der Waals surface area (Å²) in [6, 6.07) is 9.83. The number of rotatable bonds is 6. The van der Waals surface area contributed by atoms with E-state index in [2.05, 4.69) is 20.9 Å². The summed E-state index contributed by atoms with van der Waals surface area (Å²) in [5.74, 6) is -0.957. The number of H-pyrrole nitrogens is 1. The number of hydrogen-bond donors (Lipinski definition) is 2. The molecule has 2 aromatic carbocycles. The van der Waals surface area contributed by atoms with E-state index in [9.17, 15) is 8.78 Å². The molecule has 4 aromatic rings. The van der Waals surface area contributed by atoms with Gasteiger partial charge in [-0.15, -0.1) is 0 Å². The van der Waals surface area contributed by atoms with Crippen LogP contribution >= 0.6 is 11.6 Å². The van der Waals surface area contributed by atoms with Crippen molar-refractivity contribution in [3.05, 3.63) is 76.6 Å². The molecule has 0 spiro atoms. The van der Waals surface area contributed by atoms with Gasteiger partial charge in [0.25, 0.3) is 0 Å². The third kappa shape index (κ3) is 4.57. The summed E-state index contributed by atoms with van der Waals surface area (Å²) in [6.45, 7) is 3.87. The molecule has 5 rings (SSSR count). The number of anilines is 1.